The minimum atomic E-state index is 0.717. The first kappa shape index (κ1) is 15.0. The summed E-state index contributed by atoms with van der Waals surface area (Å²) in [5.41, 5.74) is 0. The van der Waals surface area contributed by atoms with Crippen LogP contribution in [0.2, 0.25) is 0 Å². The SMILES string of the molecule is CCCCCNCC(C)N1CCC(CC)CC1. The summed E-state index contributed by atoms with van der Waals surface area (Å²) in [5.74, 6) is 0.996. The Morgan fingerprint density at radius 3 is 2.47 bits per heavy atom. The van der Waals surface area contributed by atoms with Crippen molar-refractivity contribution < 1.29 is 0 Å². The molecule has 0 aromatic carbocycles. The molecule has 1 unspecified atom stereocenters. The van der Waals surface area contributed by atoms with Gasteiger partial charge in [-0.2, -0.15) is 0 Å². The van der Waals surface area contributed by atoms with E-state index in [1.165, 1.54) is 64.7 Å². The third-order valence-corrected chi connectivity index (χ3v) is 4.25. The molecule has 2 heteroatoms. The Balaban J connectivity index is 2.05. The molecule has 0 amide bonds. The molecule has 102 valence electrons. The smallest absolute Gasteiger partial charge is 0.0192 e. The second kappa shape index (κ2) is 8.93. The van der Waals surface area contributed by atoms with E-state index in [9.17, 15) is 0 Å². The van der Waals surface area contributed by atoms with E-state index in [2.05, 4.69) is 31.0 Å². The van der Waals surface area contributed by atoms with Crippen molar-refractivity contribution in [1.82, 2.24) is 10.2 Å². The average molecular weight is 240 g/mol. The summed E-state index contributed by atoms with van der Waals surface area (Å²) in [6, 6.07) is 0.717. The summed E-state index contributed by atoms with van der Waals surface area (Å²) in [5, 5.41) is 3.60. The third kappa shape index (κ3) is 5.87. The molecule has 1 aliphatic heterocycles. The van der Waals surface area contributed by atoms with E-state index in [1.807, 2.05) is 0 Å². The van der Waals surface area contributed by atoms with Crippen LogP contribution >= 0.6 is 0 Å². The quantitative estimate of drug-likeness (QED) is 0.655. The van der Waals surface area contributed by atoms with Gasteiger partial charge < -0.3 is 5.32 Å². The Bertz CT molecular complexity index is 174. The molecule has 0 radical (unpaired) electrons. The number of likely N-dealkylation sites (tertiary alicyclic amines) is 1. The van der Waals surface area contributed by atoms with Crippen LogP contribution in [0.5, 0.6) is 0 Å². The van der Waals surface area contributed by atoms with E-state index in [4.69, 9.17) is 0 Å². The van der Waals surface area contributed by atoms with Crippen molar-refractivity contribution in [2.45, 2.75) is 65.3 Å². The number of rotatable bonds is 8. The van der Waals surface area contributed by atoms with Crippen LogP contribution in [-0.4, -0.2) is 37.1 Å². The van der Waals surface area contributed by atoms with Crippen molar-refractivity contribution in [3.63, 3.8) is 0 Å². The van der Waals surface area contributed by atoms with Gasteiger partial charge in [0.2, 0.25) is 0 Å². The van der Waals surface area contributed by atoms with Crippen LogP contribution in [-0.2, 0) is 0 Å². The molecule has 1 atom stereocenters. The van der Waals surface area contributed by atoms with Gasteiger partial charge in [-0.25, -0.2) is 0 Å². The Morgan fingerprint density at radius 1 is 1.18 bits per heavy atom. The predicted molar refractivity (Wildman–Crippen MR) is 76.4 cm³/mol. The predicted octanol–water partition coefficient (Wildman–Crippen LogP) is 3.28. The molecule has 2 nitrogen and oxygen atoms in total. The molecule has 0 aromatic rings. The summed E-state index contributed by atoms with van der Waals surface area (Å²) in [7, 11) is 0. The molecule has 1 fully saturated rings. The molecule has 1 aliphatic rings. The van der Waals surface area contributed by atoms with Gasteiger partial charge in [0.15, 0.2) is 0 Å². The highest BCUT2D eigenvalue weighted by Crippen LogP contribution is 2.21. The van der Waals surface area contributed by atoms with Gasteiger partial charge in [0.1, 0.15) is 0 Å². The third-order valence-electron chi connectivity index (χ3n) is 4.25. The lowest BCUT2D eigenvalue weighted by molar-refractivity contribution is 0.137. The largest absolute Gasteiger partial charge is 0.315 e. The number of nitrogens with zero attached hydrogens (tertiary/aromatic N) is 1. The minimum absolute atomic E-state index is 0.717. The van der Waals surface area contributed by atoms with E-state index in [-0.39, 0.29) is 0 Å². The summed E-state index contributed by atoms with van der Waals surface area (Å²) in [4.78, 5) is 2.67. The van der Waals surface area contributed by atoms with Gasteiger partial charge in [0, 0.05) is 12.6 Å². The molecule has 0 aliphatic carbocycles. The van der Waals surface area contributed by atoms with Crippen LogP contribution in [0.3, 0.4) is 0 Å². The Kier molecular flexibility index (Phi) is 7.87. The maximum absolute atomic E-state index is 3.60. The van der Waals surface area contributed by atoms with Crippen LogP contribution in [0.4, 0.5) is 0 Å². The van der Waals surface area contributed by atoms with E-state index >= 15 is 0 Å². The molecule has 17 heavy (non-hydrogen) atoms. The zero-order valence-corrected chi connectivity index (χ0v) is 12.2. The van der Waals surface area contributed by atoms with E-state index < -0.39 is 0 Å². The van der Waals surface area contributed by atoms with Gasteiger partial charge in [0.05, 0.1) is 0 Å². The van der Waals surface area contributed by atoms with Crippen molar-refractivity contribution in [3.8, 4) is 0 Å². The molecule has 0 aromatic heterocycles. The zero-order valence-electron chi connectivity index (χ0n) is 12.2. The monoisotopic (exact) mass is 240 g/mol. The number of piperidine rings is 1. The highest BCUT2D eigenvalue weighted by atomic mass is 15.2. The van der Waals surface area contributed by atoms with Gasteiger partial charge in [-0.15, -0.1) is 0 Å². The first-order chi connectivity index (χ1) is 8.27. The molecule has 1 saturated heterocycles. The number of hydrogen-bond acceptors (Lipinski definition) is 2. The summed E-state index contributed by atoms with van der Waals surface area (Å²) >= 11 is 0. The Hall–Kier alpha value is -0.0800. The van der Waals surface area contributed by atoms with Gasteiger partial charge in [-0.1, -0.05) is 33.1 Å². The van der Waals surface area contributed by atoms with Crippen LogP contribution in [0.15, 0.2) is 0 Å². The normalized spacial score (nSPS) is 20.6. The molecule has 1 heterocycles. The summed E-state index contributed by atoms with van der Waals surface area (Å²) in [6.45, 7) is 12.0. The molecule has 1 rings (SSSR count). The molecule has 1 N–H and O–H groups in total. The molecule has 0 spiro atoms. The van der Waals surface area contributed by atoms with Crippen molar-refractivity contribution in [1.29, 1.82) is 0 Å². The highest BCUT2D eigenvalue weighted by molar-refractivity contribution is 4.76. The molecule has 0 saturated carbocycles. The van der Waals surface area contributed by atoms with E-state index in [1.54, 1.807) is 0 Å². The van der Waals surface area contributed by atoms with Crippen molar-refractivity contribution in [2.75, 3.05) is 26.2 Å². The van der Waals surface area contributed by atoms with Gasteiger partial charge >= 0.3 is 0 Å². The van der Waals surface area contributed by atoms with Gasteiger partial charge in [-0.05, 0) is 51.7 Å². The first-order valence-electron chi connectivity index (χ1n) is 7.72. The summed E-state index contributed by atoms with van der Waals surface area (Å²) in [6.07, 6.45) is 8.22. The molecule has 0 bridgehead atoms. The second-order valence-corrected chi connectivity index (χ2v) is 5.65. The molecular formula is C15H32N2. The second-order valence-electron chi connectivity index (χ2n) is 5.65. The molecular weight excluding hydrogens is 208 g/mol. The standard InChI is InChI=1S/C15H32N2/c1-4-6-7-10-16-13-14(3)17-11-8-15(5-2)9-12-17/h14-16H,4-13H2,1-3H3. The first-order valence-corrected chi connectivity index (χ1v) is 7.72. The zero-order chi connectivity index (χ0) is 12.5. The lowest BCUT2D eigenvalue weighted by Gasteiger charge is -2.36. The van der Waals surface area contributed by atoms with Crippen LogP contribution in [0.25, 0.3) is 0 Å². The lowest BCUT2D eigenvalue weighted by atomic mass is 9.94. The van der Waals surface area contributed by atoms with Crippen LogP contribution in [0.1, 0.15) is 59.3 Å². The van der Waals surface area contributed by atoms with E-state index in [0.717, 1.165) is 12.0 Å². The maximum atomic E-state index is 3.60. The van der Waals surface area contributed by atoms with Crippen molar-refractivity contribution in [3.05, 3.63) is 0 Å². The highest BCUT2D eigenvalue weighted by Gasteiger charge is 2.21. The number of unbranched alkanes of at least 4 members (excludes halogenated alkanes) is 2. The average Bonchev–Trinajstić information content (AvgIpc) is 2.38. The maximum Gasteiger partial charge on any atom is 0.0192 e. The van der Waals surface area contributed by atoms with Gasteiger partial charge in [0.25, 0.3) is 0 Å². The van der Waals surface area contributed by atoms with Gasteiger partial charge in [-0.3, -0.25) is 4.90 Å². The van der Waals surface area contributed by atoms with Crippen molar-refractivity contribution in [2.24, 2.45) is 5.92 Å². The lowest BCUT2D eigenvalue weighted by Crippen LogP contribution is -2.44. The number of nitrogens with one attached hydrogen (secondary N) is 1. The Labute approximate surface area is 108 Å². The minimum Gasteiger partial charge on any atom is -0.315 e. The number of hydrogen-bond donors (Lipinski definition) is 1. The Morgan fingerprint density at radius 2 is 1.88 bits per heavy atom. The fourth-order valence-electron chi connectivity index (χ4n) is 2.74. The van der Waals surface area contributed by atoms with Crippen molar-refractivity contribution >= 4 is 0 Å². The summed E-state index contributed by atoms with van der Waals surface area (Å²) < 4.78 is 0. The van der Waals surface area contributed by atoms with E-state index in [0.29, 0.717) is 0 Å². The fourth-order valence-corrected chi connectivity index (χ4v) is 2.74. The van der Waals surface area contributed by atoms with Crippen LogP contribution < -0.4 is 5.32 Å². The fraction of sp³-hybridized carbons (Fsp3) is 1.00. The van der Waals surface area contributed by atoms with Crippen LogP contribution in [0, 0.1) is 5.92 Å². The topological polar surface area (TPSA) is 15.3 Å².